The number of allylic oxidation sites excluding steroid dienone is 4. The quantitative estimate of drug-likeness (QED) is 0.551. The van der Waals surface area contributed by atoms with Gasteiger partial charge in [-0.2, -0.15) is 0 Å². The van der Waals surface area contributed by atoms with Gasteiger partial charge in [0.25, 0.3) is 5.70 Å². The lowest BCUT2D eigenvalue weighted by molar-refractivity contribution is -0.426. The van der Waals surface area contributed by atoms with Gasteiger partial charge in [0.05, 0.1) is 22.6 Å². The third-order valence-electron chi connectivity index (χ3n) is 2.66. The predicted octanol–water partition coefficient (Wildman–Crippen LogP) is 1.72. The zero-order valence-electron chi connectivity index (χ0n) is 9.46. The Morgan fingerprint density at radius 3 is 2.88 bits per heavy atom. The smallest absolute Gasteiger partial charge is 0.252 e. The summed E-state index contributed by atoms with van der Waals surface area (Å²) < 4.78 is 0. The summed E-state index contributed by atoms with van der Waals surface area (Å²) in [5.41, 5.74) is 7.10. The molecule has 5 nitrogen and oxygen atoms in total. The van der Waals surface area contributed by atoms with Gasteiger partial charge in [0.2, 0.25) is 0 Å². The lowest BCUT2D eigenvalue weighted by atomic mass is 10.0. The third-order valence-corrected chi connectivity index (χ3v) is 2.66. The SMILES string of the molecule is CC1(N)C=CC2=C(C=C1)N=CC=C([N+](=O)[O-])C2. The van der Waals surface area contributed by atoms with Crippen LogP contribution in [0.2, 0.25) is 0 Å². The van der Waals surface area contributed by atoms with Gasteiger partial charge in [0, 0.05) is 12.3 Å². The molecule has 0 fully saturated rings. The van der Waals surface area contributed by atoms with Crippen molar-refractivity contribution in [2.75, 3.05) is 0 Å². The Kier molecular flexibility index (Phi) is 2.77. The molecule has 1 aliphatic carbocycles. The lowest BCUT2D eigenvalue weighted by Crippen LogP contribution is -2.30. The molecule has 0 radical (unpaired) electrons. The second-order valence-electron chi connectivity index (χ2n) is 4.31. The highest BCUT2D eigenvalue weighted by Crippen LogP contribution is 2.25. The fourth-order valence-corrected chi connectivity index (χ4v) is 1.65. The van der Waals surface area contributed by atoms with Crippen LogP contribution < -0.4 is 5.73 Å². The Morgan fingerprint density at radius 2 is 2.18 bits per heavy atom. The van der Waals surface area contributed by atoms with Gasteiger partial charge >= 0.3 is 0 Å². The first-order chi connectivity index (χ1) is 7.98. The molecule has 2 rings (SSSR count). The van der Waals surface area contributed by atoms with Crippen molar-refractivity contribution >= 4 is 6.21 Å². The van der Waals surface area contributed by atoms with E-state index in [9.17, 15) is 10.1 Å². The summed E-state index contributed by atoms with van der Waals surface area (Å²) >= 11 is 0. The van der Waals surface area contributed by atoms with E-state index in [1.165, 1.54) is 12.3 Å². The second kappa shape index (κ2) is 4.10. The van der Waals surface area contributed by atoms with Crippen LogP contribution in [0.3, 0.4) is 0 Å². The standard InChI is InChI=1S/C12H13N3O2/c1-12(13)5-2-9-8-10(15(16)17)4-7-14-11(9)3-6-12/h2-7H,8,13H2,1H3. The molecular formula is C12H13N3O2. The van der Waals surface area contributed by atoms with Crippen molar-refractivity contribution in [1.29, 1.82) is 0 Å². The van der Waals surface area contributed by atoms with Crippen LogP contribution in [-0.2, 0) is 0 Å². The Bertz CT molecular complexity index is 508. The van der Waals surface area contributed by atoms with Gasteiger partial charge in [-0.3, -0.25) is 15.1 Å². The molecule has 17 heavy (non-hydrogen) atoms. The van der Waals surface area contributed by atoms with Crippen LogP contribution in [-0.4, -0.2) is 16.7 Å². The average molecular weight is 231 g/mol. The maximum atomic E-state index is 10.8. The summed E-state index contributed by atoms with van der Waals surface area (Å²) in [5.74, 6) is 0. The first-order valence-corrected chi connectivity index (χ1v) is 5.26. The van der Waals surface area contributed by atoms with Gasteiger partial charge in [-0.05, 0) is 18.6 Å². The minimum Gasteiger partial charge on any atom is -0.319 e. The van der Waals surface area contributed by atoms with E-state index >= 15 is 0 Å². The summed E-state index contributed by atoms with van der Waals surface area (Å²) in [6.45, 7) is 1.86. The molecule has 0 bridgehead atoms. The summed E-state index contributed by atoms with van der Waals surface area (Å²) in [6, 6.07) is 0. The number of nitrogens with two attached hydrogens (primary N) is 1. The highest BCUT2D eigenvalue weighted by Gasteiger charge is 2.19. The molecule has 0 amide bonds. The van der Waals surface area contributed by atoms with E-state index in [0.717, 1.165) is 11.3 Å². The van der Waals surface area contributed by atoms with Crippen LogP contribution in [0, 0.1) is 10.1 Å². The number of rotatable bonds is 1. The van der Waals surface area contributed by atoms with Crippen LogP contribution >= 0.6 is 0 Å². The van der Waals surface area contributed by atoms with Gasteiger partial charge in [0.1, 0.15) is 0 Å². The monoisotopic (exact) mass is 231 g/mol. The Morgan fingerprint density at radius 1 is 1.47 bits per heavy atom. The Hall–Kier alpha value is -2.01. The summed E-state index contributed by atoms with van der Waals surface area (Å²) in [4.78, 5) is 14.6. The molecule has 1 atom stereocenters. The number of nitro groups is 1. The van der Waals surface area contributed by atoms with Crippen molar-refractivity contribution in [3.63, 3.8) is 0 Å². The van der Waals surface area contributed by atoms with Crippen LogP contribution in [0.5, 0.6) is 0 Å². The Balaban J connectivity index is 2.38. The van der Waals surface area contributed by atoms with Crippen molar-refractivity contribution in [2.24, 2.45) is 10.7 Å². The van der Waals surface area contributed by atoms with Crippen molar-refractivity contribution < 1.29 is 4.92 Å². The highest BCUT2D eigenvalue weighted by molar-refractivity contribution is 5.74. The summed E-state index contributed by atoms with van der Waals surface area (Å²) in [6.07, 6.45) is 10.4. The van der Waals surface area contributed by atoms with Crippen LogP contribution in [0.15, 0.2) is 52.3 Å². The topological polar surface area (TPSA) is 81.5 Å². The van der Waals surface area contributed by atoms with E-state index in [2.05, 4.69) is 4.99 Å². The maximum Gasteiger partial charge on any atom is 0.252 e. The van der Waals surface area contributed by atoms with E-state index in [-0.39, 0.29) is 17.0 Å². The fourth-order valence-electron chi connectivity index (χ4n) is 1.65. The van der Waals surface area contributed by atoms with Crippen molar-refractivity contribution in [2.45, 2.75) is 18.9 Å². The molecule has 5 heteroatoms. The third kappa shape index (κ3) is 2.57. The van der Waals surface area contributed by atoms with Crippen LogP contribution in [0.1, 0.15) is 13.3 Å². The first kappa shape index (κ1) is 11.5. The van der Waals surface area contributed by atoms with Gasteiger partial charge in [-0.25, -0.2) is 0 Å². The second-order valence-corrected chi connectivity index (χ2v) is 4.31. The number of aliphatic imine (C=N–C) groups is 1. The minimum absolute atomic E-state index is 0.137. The molecular weight excluding hydrogens is 218 g/mol. The van der Waals surface area contributed by atoms with Crippen LogP contribution in [0.4, 0.5) is 0 Å². The molecule has 1 aliphatic heterocycles. The average Bonchev–Trinajstić information content (AvgIpc) is 2.52. The van der Waals surface area contributed by atoms with E-state index in [1.807, 2.05) is 31.2 Å². The molecule has 1 heterocycles. The number of hydrogen-bond donors (Lipinski definition) is 1. The van der Waals surface area contributed by atoms with Gasteiger partial charge in [-0.15, -0.1) is 0 Å². The van der Waals surface area contributed by atoms with E-state index in [4.69, 9.17) is 5.73 Å². The molecule has 1 unspecified atom stereocenters. The summed E-state index contributed by atoms with van der Waals surface area (Å²) in [7, 11) is 0. The molecule has 2 N–H and O–H groups in total. The molecule has 88 valence electrons. The highest BCUT2D eigenvalue weighted by atomic mass is 16.6. The molecule has 0 aromatic rings. The summed E-state index contributed by atoms with van der Waals surface area (Å²) in [5, 5.41) is 10.8. The minimum atomic E-state index is -0.541. The van der Waals surface area contributed by atoms with Crippen molar-refractivity contribution in [3.8, 4) is 0 Å². The van der Waals surface area contributed by atoms with E-state index in [0.29, 0.717) is 0 Å². The zero-order valence-corrected chi connectivity index (χ0v) is 9.46. The predicted molar refractivity (Wildman–Crippen MR) is 66.1 cm³/mol. The fraction of sp³-hybridized carbons (Fsp3) is 0.250. The first-order valence-electron chi connectivity index (χ1n) is 5.26. The molecule has 0 aromatic carbocycles. The maximum absolute atomic E-state index is 10.8. The molecule has 2 aliphatic rings. The molecule has 0 saturated heterocycles. The van der Waals surface area contributed by atoms with Gasteiger partial charge in [0.15, 0.2) is 0 Å². The largest absolute Gasteiger partial charge is 0.319 e. The number of nitrogens with zero attached hydrogens (tertiary/aromatic N) is 2. The van der Waals surface area contributed by atoms with Crippen molar-refractivity contribution in [3.05, 3.63) is 57.5 Å². The van der Waals surface area contributed by atoms with Crippen molar-refractivity contribution in [1.82, 2.24) is 0 Å². The lowest BCUT2D eigenvalue weighted by Gasteiger charge is -2.12. The Labute approximate surface area is 98.9 Å². The molecule has 0 spiro atoms. The molecule has 0 saturated carbocycles. The van der Waals surface area contributed by atoms with Gasteiger partial charge < -0.3 is 5.73 Å². The van der Waals surface area contributed by atoms with E-state index < -0.39 is 5.54 Å². The normalized spacial score (nSPS) is 27.3. The molecule has 0 aromatic heterocycles. The zero-order chi connectivity index (χ0) is 12.5. The number of hydrogen-bond acceptors (Lipinski definition) is 4. The van der Waals surface area contributed by atoms with Gasteiger partial charge in [-0.1, -0.05) is 18.2 Å². The van der Waals surface area contributed by atoms with Crippen LogP contribution in [0.25, 0.3) is 0 Å². The van der Waals surface area contributed by atoms with E-state index in [1.54, 1.807) is 0 Å².